The third kappa shape index (κ3) is 4.11. The zero-order valence-electron chi connectivity index (χ0n) is 11.3. The number of hydrogen-bond acceptors (Lipinski definition) is 2. The quantitative estimate of drug-likeness (QED) is 0.760. The van der Waals surface area contributed by atoms with Crippen molar-refractivity contribution < 1.29 is 12.8 Å². The Morgan fingerprint density at radius 2 is 1.65 bits per heavy atom. The second-order valence-electron chi connectivity index (χ2n) is 4.07. The fourth-order valence-corrected chi connectivity index (χ4v) is 2.50. The molecule has 0 aromatic heterocycles. The molecule has 98 valence electrons. The molecule has 0 amide bonds. The van der Waals surface area contributed by atoms with Gasteiger partial charge in [0.25, 0.3) is 0 Å². The molecule has 1 aromatic rings. The molecule has 17 heavy (non-hydrogen) atoms. The van der Waals surface area contributed by atoms with Crippen LogP contribution < -0.4 is 0 Å². The Kier molecular flexibility index (Phi) is 5.82. The van der Waals surface area contributed by atoms with Gasteiger partial charge in [-0.3, -0.25) is 0 Å². The van der Waals surface area contributed by atoms with Crippen LogP contribution in [0.15, 0.2) is 17.0 Å². The topological polar surface area (TPSA) is 34.1 Å². The number of rotatable bonds is 2. The Morgan fingerprint density at radius 1 is 1.18 bits per heavy atom. The summed E-state index contributed by atoms with van der Waals surface area (Å²) in [6.45, 7) is 9.27. The van der Waals surface area contributed by atoms with Gasteiger partial charge in [0.15, 0.2) is 9.84 Å². The number of hydrogen-bond donors (Lipinski definition) is 0. The summed E-state index contributed by atoms with van der Waals surface area (Å²) in [6.07, 6.45) is 1.14. The Morgan fingerprint density at radius 3 is 2.00 bits per heavy atom. The highest BCUT2D eigenvalue weighted by atomic mass is 32.2. The van der Waals surface area contributed by atoms with E-state index in [-0.39, 0.29) is 16.6 Å². The number of sulfone groups is 1. The van der Waals surface area contributed by atoms with Crippen molar-refractivity contribution in [3.8, 4) is 0 Å². The summed E-state index contributed by atoms with van der Waals surface area (Å²) in [4.78, 5) is 0.215. The highest BCUT2D eigenvalue weighted by molar-refractivity contribution is 7.90. The molecule has 0 spiro atoms. The molecule has 1 aromatic carbocycles. The third-order valence-electron chi connectivity index (χ3n) is 2.32. The Labute approximate surface area is 104 Å². The molecule has 0 saturated carbocycles. The Balaban J connectivity index is 0.00000121. The van der Waals surface area contributed by atoms with Crippen molar-refractivity contribution >= 4 is 9.84 Å². The second-order valence-corrected chi connectivity index (χ2v) is 6.05. The standard InChI is InChI=1S/C11H15FO2S.C2H6/c1-7(2)9-6-11(15(4,13)14)8(3)5-10(9)12;1-2/h5-7H,1-4H3;1-2H3. The first-order valence-corrected chi connectivity index (χ1v) is 7.62. The molecular weight excluding hydrogens is 239 g/mol. The fraction of sp³-hybridized carbons (Fsp3) is 0.538. The van der Waals surface area contributed by atoms with Crippen LogP contribution in [-0.2, 0) is 9.84 Å². The van der Waals surface area contributed by atoms with E-state index in [9.17, 15) is 12.8 Å². The van der Waals surface area contributed by atoms with Crippen LogP contribution in [0.3, 0.4) is 0 Å². The lowest BCUT2D eigenvalue weighted by molar-refractivity contribution is 0.588. The van der Waals surface area contributed by atoms with Crippen molar-refractivity contribution in [1.82, 2.24) is 0 Å². The van der Waals surface area contributed by atoms with Crippen molar-refractivity contribution in [2.24, 2.45) is 0 Å². The zero-order chi connectivity index (χ0) is 13.8. The van der Waals surface area contributed by atoms with Gasteiger partial charge in [0.05, 0.1) is 4.90 Å². The average Bonchev–Trinajstić information content (AvgIpc) is 2.17. The smallest absolute Gasteiger partial charge is 0.175 e. The first-order chi connectivity index (χ1) is 7.73. The maximum Gasteiger partial charge on any atom is 0.175 e. The molecule has 0 N–H and O–H groups in total. The molecule has 0 fully saturated rings. The molecule has 0 radical (unpaired) electrons. The lowest BCUT2D eigenvalue weighted by atomic mass is 10.0. The number of halogens is 1. The zero-order valence-corrected chi connectivity index (χ0v) is 12.2. The molecule has 2 nitrogen and oxygen atoms in total. The van der Waals surface area contributed by atoms with Gasteiger partial charge in [0, 0.05) is 6.26 Å². The summed E-state index contributed by atoms with van der Waals surface area (Å²) in [5, 5.41) is 0. The minimum Gasteiger partial charge on any atom is -0.224 e. The van der Waals surface area contributed by atoms with Gasteiger partial charge in [-0.2, -0.15) is 0 Å². The highest BCUT2D eigenvalue weighted by Crippen LogP contribution is 2.25. The van der Waals surface area contributed by atoms with Crippen LogP contribution in [0.5, 0.6) is 0 Å². The van der Waals surface area contributed by atoms with Crippen molar-refractivity contribution in [2.75, 3.05) is 6.26 Å². The van der Waals surface area contributed by atoms with E-state index in [0.29, 0.717) is 11.1 Å². The van der Waals surface area contributed by atoms with Gasteiger partial charge in [-0.15, -0.1) is 0 Å². The first-order valence-electron chi connectivity index (χ1n) is 5.73. The number of aryl methyl sites for hydroxylation is 1. The maximum absolute atomic E-state index is 13.5. The van der Waals surface area contributed by atoms with Gasteiger partial charge in [-0.05, 0) is 36.1 Å². The molecule has 0 aliphatic rings. The lowest BCUT2D eigenvalue weighted by Gasteiger charge is -2.11. The molecule has 0 atom stereocenters. The predicted molar refractivity (Wildman–Crippen MR) is 69.7 cm³/mol. The van der Waals surface area contributed by atoms with E-state index in [2.05, 4.69) is 0 Å². The summed E-state index contributed by atoms with van der Waals surface area (Å²) in [6, 6.07) is 2.72. The maximum atomic E-state index is 13.5. The molecule has 0 unspecified atom stereocenters. The van der Waals surface area contributed by atoms with Crippen molar-refractivity contribution in [2.45, 2.75) is 45.4 Å². The van der Waals surface area contributed by atoms with Crippen molar-refractivity contribution in [3.63, 3.8) is 0 Å². The van der Waals surface area contributed by atoms with E-state index in [1.54, 1.807) is 6.92 Å². The molecule has 0 aliphatic heterocycles. The van der Waals surface area contributed by atoms with Crippen LogP contribution in [-0.4, -0.2) is 14.7 Å². The number of benzene rings is 1. The van der Waals surface area contributed by atoms with E-state index in [1.165, 1.54) is 12.1 Å². The largest absolute Gasteiger partial charge is 0.224 e. The molecule has 4 heteroatoms. The normalized spacial score (nSPS) is 11.1. The summed E-state index contributed by atoms with van der Waals surface area (Å²) >= 11 is 0. The van der Waals surface area contributed by atoms with Gasteiger partial charge >= 0.3 is 0 Å². The van der Waals surface area contributed by atoms with Crippen molar-refractivity contribution in [1.29, 1.82) is 0 Å². The van der Waals surface area contributed by atoms with Gasteiger partial charge in [0.2, 0.25) is 0 Å². The van der Waals surface area contributed by atoms with Crippen LogP contribution in [0.4, 0.5) is 4.39 Å². The summed E-state index contributed by atoms with van der Waals surface area (Å²) < 4.78 is 36.3. The molecular formula is C13H21FO2S. The SMILES string of the molecule is CC.Cc1cc(F)c(C(C)C)cc1S(C)(=O)=O. The van der Waals surface area contributed by atoms with E-state index >= 15 is 0 Å². The molecule has 0 bridgehead atoms. The fourth-order valence-electron chi connectivity index (χ4n) is 1.51. The summed E-state index contributed by atoms with van der Waals surface area (Å²) in [5.41, 5.74) is 0.903. The van der Waals surface area contributed by atoms with E-state index in [4.69, 9.17) is 0 Å². The highest BCUT2D eigenvalue weighted by Gasteiger charge is 2.16. The molecule has 0 aliphatic carbocycles. The van der Waals surface area contributed by atoms with Crippen LogP contribution in [0, 0.1) is 12.7 Å². The second kappa shape index (κ2) is 6.15. The molecule has 1 rings (SSSR count). The predicted octanol–water partition coefficient (Wildman–Crippen LogP) is 3.69. The van der Waals surface area contributed by atoms with Gasteiger partial charge in [-0.25, -0.2) is 12.8 Å². The summed E-state index contributed by atoms with van der Waals surface area (Å²) in [5.74, 6) is -0.360. The van der Waals surface area contributed by atoms with Crippen molar-refractivity contribution in [3.05, 3.63) is 29.1 Å². The first kappa shape index (κ1) is 16.1. The van der Waals surface area contributed by atoms with Gasteiger partial charge < -0.3 is 0 Å². The van der Waals surface area contributed by atoms with Crippen LogP contribution >= 0.6 is 0 Å². The minimum absolute atomic E-state index is 0.0221. The van der Waals surface area contributed by atoms with Gasteiger partial charge in [-0.1, -0.05) is 27.7 Å². The Bertz CT molecular complexity index is 476. The van der Waals surface area contributed by atoms with E-state index in [1.807, 2.05) is 27.7 Å². The minimum atomic E-state index is -3.27. The van der Waals surface area contributed by atoms with Crippen LogP contribution in [0.2, 0.25) is 0 Å². The molecule has 0 heterocycles. The van der Waals surface area contributed by atoms with Crippen LogP contribution in [0.25, 0.3) is 0 Å². The Hall–Kier alpha value is -0.900. The monoisotopic (exact) mass is 260 g/mol. The van der Waals surface area contributed by atoms with Crippen LogP contribution in [0.1, 0.15) is 44.7 Å². The average molecular weight is 260 g/mol. The third-order valence-corrected chi connectivity index (χ3v) is 3.55. The summed E-state index contributed by atoms with van der Waals surface area (Å²) in [7, 11) is -3.27. The molecule has 0 saturated heterocycles. The van der Waals surface area contributed by atoms with Gasteiger partial charge in [0.1, 0.15) is 5.82 Å². The van der Waals surface area contributed by atoms with E-state index < -0.39 is 9.84 Å². The lowest BCUT2D eigenvalue weighted by Crippen LogP contribution is -2.04. The van der Waals surface area contributed by atoms with E-state index in [0.717, 1.165) is 6.26 Å².